The van der Waals surface area contributed by atoms with Crippen molar-refractivity contribution in [3.05, 3.63) is 99.8 Å². The zero-order valence-electron chi connectivity index (χ0n) is 16.9. The summed E-state index contributed by atoms with van der Waals surface area (Å²) < 4.78 is 0. The predicted molar refractivity (Wildman–Crippen MR) is 116 cm³/mol. The van der Waals surface area contributed by atoms with Gasteiger partial charge in [-0.25, -0.2) is 4.85 Å². The van der Waals surface area contributed by atoms with Crippen LogP contribution in [0, 0.1) is 13.5 Å². The van der Waals surface area contributed by atoms with E-state index in [1.807, 2.05) is 13.1 Å². The quantitative estimate of drug-likeness (QED) is 0.482. The number of ketones is 1. The van der Waals surface area contributed by atoms with Gasteiger partial charge in [-0.05, 0) is 56.2 Å². The monoisotopic (exact) mass is 395 g/mol. The van der Waals surface area contributed by atoms with Gasteiger partial charge in [0.2, 0.25) is 0 Å². The first-order valence-electron chi connectivity index (χ1n) is 9.96. The molecule has 5 nitrogen and oxygen atoms in total. The van der Waals surface area contributed by atoms with Gasteiger partial charge < -0.3 is 15.0 Å². The maximum atomic E-state index is 13.1. The zero-order chi connectivity index (χ0) is 21.0. The van der Waals surface area contributed by atoms with Crippen LogP contribution in [0.1, 0.15) is 34.1 Å². The molecule has 3 aromatic rings. The second-order valence-electron chi connectivity index (χ2n) is 8.12. The van der Waals surface area contributed by atoms with Crippen molar-refractivity contribution in [2.45, 2.75) is 25.8 Å². The fourth-order valence-electron chi connectivity index (χ4n) is 4.68. The molecule has 1 atom stereocenters. The van der Waals surface area contributed by atoms with Crippen LogP contribution in [-0.4, -0.2) is 27.3 Å². The number of allylic oxidation sites excluding steroid dienone is 2. The number of fused-ring (bicyclic) bond motifs is 5. The van der Waals surface area contributed by atoms with Gasteiger partial charge in [0.15, 0.2) is 11.5 Å². The number of hydrogen-bond donors (Lipinski definition) is 2. The van der Waals surface area contributed by atoms with E-state index >= 15 is 0 Å². The van der Waals surface area contributed by atoms with Crippen molar-refractivity contribution in [3.63, 3.8) is 0 Å². The van der Waals surface area contributed by atoms with Crippen molar-refractivity contribution in [1.29, 1.82) is 0 Å². The lowest BCUT2D eigenvalue weighted by molar-refractivity contribution is 0.102. The van der Waals surface area contributed by atoms with E-state index in [4.69, 9.17) is 6.57 Å². The number of aromatic nitrogens is 1. The smallest absolute Gasteiger partial charge is 0.196 e. The molecule has 0 bridgehead atoms. The van der Waals surface area contributed by atoms with Gasteiger partial charge in [-0.1, -0.05) is 23.8 Å². The van der Waals surface area contributed by atoms with Crippen molar-refractivity contribution in [2.24, 2.45) is 0 Å². The molecule has 1 unspecified atom stereocenters. The summed E-state index contributed by atoms with van der Waals surface area (Å²) in [7, 11) is 0. The number of aromatic amines is 1. The number of phenols is 1. The summed E-state index contributed by atoms with van der Waals surface area (Å²) >= 11 is 0. The third-order valence-corrected chi connectivity index (χ3v) is 6.34. The van der Waals surface area contributed by atoms with Gasteiger partial charge in [-0.2, -0.15) is 0 Å². The number of nitrogens with one attached hydrogen (secondary N) is 1. The van der Waals surface area contributed by atoms with Crippen LogP contribution in [0.2, 0.25) is 0 Å². The van der Waals surface area contributed by atoms with Gasteiger partial charge in [-0.15, -0.1) is 0 Å². The highest BCUT2D eigenvalue weighted by Gasteiger charge is 2.46. The summed E-state index contributed by atoms with van der Waals surface area (Å²) in [6.07, 6.45) is 4.33. The Morgan fingerprint density at radius 3 is 2.83 bits per heavy atom. The summed E-state index contributed by atoms with van der Waals surface area (Å²) in [5, 5.41) is 11.3. The van der Waals surface area contributed by atoms with Crippen LogP contribution in [0.4, 0.5) is 0 Å². The maximum Gasteiger partial charge on any atom is 0.196 e. The van der Waals surface area contributed by atoms with Gasteiger partial charge in [0.05, 0.1) is 12.1 Å². The molecule has 30 heavy (non-hydrogen) atoms. The third-order valence-electron chi connectivity index (χ3n) is 6.34. The molecule has 5 heteroatoms. The number of H-pyrrole nitrogens is 1. The second kappa shape index (κ2) is 6.36. The van der Waals surface area contributed by atoms with Crippen LogP contribution in [-0.2, 0) is 12.0 Å². The topological polar surface area (TPSA) is 60.7 Å². The van der Waals surface area contributed by atoms with E-state index in [1.165, 1.54) is 22.6 Å². The summed E-state index contributed by atoms with van der Waals surface area (Å²) in [5.41, 5.74) is 5.02. The normalized spacial score (nSPS) is 20.1. The van der Waals surface area contributed by atoms with Crippen molar-refractivity contribution in [3.8, 4) is 5.75 Å². The molecule has 2 N–H and O–H groups in total. The van der Waals surface area contributed by atoms with Crippen LogP contribution in [0.5, 0.6) is 5.75 Å². The molecule has 0 fully saturated rings. The Hall–Kier alpha value is -3.78. The largest absolute Gasteiger partial charge is 0.507 e. The van der Waals surface area contributed by atoms with Gasteiger partial charge in [0, 0.05) is 34.9 Å². The van der Waals surface area contributed by atoms with E-state index in [2.05, 4.69) is 39.9 Å². The average Bonchev–Trinajstić information content (AvgIpc) is 3.12. The lowest BCUT2D eigenvalue weighted by Gasteiger charge is -2.46. The molecule has 1 aromatic heterocycles. The van der Waals surface area contributed by atoms with E-state index in [0.29, 0.717) is 17.8 Å². The lowest BCUT2D eigenvalue weighted by atomic mass is 9.80. The second-order valence-corrected chi connectivity index (χ2v) is 8.12. The van der Waals surface area contributed by atoms with Crippen LogP contribution >= 0.6 is 0 Å². The summed E-state index contributed by atoms with van der Waals surface area (Å²) in [6, 6.07) is 12.9. The molecule has 0 amide bonds. The Bertz CT molecular complexity index is 1320. The summed E-state index contributed by atoms with van der Waals surface area (Å²) in [6.45, 7) is 12.7. The van der Waals surface area contributed by atoms with Crippen LogP contribution in [0.25, 0.3) is 15.7 Å². The van der Waals surface area contributed by atoms with Gasteiger partial charge in [0.1, 0.15) is 11.3 Å². The maximum absolute atomic E-state index is 13.1. The Kier molecular flexibility index (Phi) is 3.87. The summed E-state index contributed by atoms with van der Waals surface area (Å²) in [5.74, 6) is -0.337. The first-order chi connectivity index (χ1) is 14.4. The number of rotatable bonds is 2. The minimum absolute atomic E-state index is 0.0542. The van der Waals surface area contributed by atoms with E-state index in [9.17, 15) is 9.90 Å². The number of Topliss-reactive ketones (excluding diaryl/α,β-unsaturated/α-hetero) is 1. The SMILES string of the molecule is [C-]#[N+]C1=CC(C(=O)c2ccccc2O)=CN2CCc3c([nH]c4ccc(C)cc34)C12C. The zero-order valence-corrected chi connectivity index (χ0v) is 16.9. The Labute approximate surface area is 174 Å². The van der Waals surface area contributed by atoms with Gasteiger partial charge in [0.25, 0.3) is 0 Å². The van der Waals surface area contributed by atoms with E-state index in [0.717, 1.165) is 17.6 Å². The fourth-order valence-corrected chi connectivity index (χ4v) is 4.68. The minimum atomic E-state index is -0.662. The predicted octanol–water partition coefficient (Wildman–Crippen LogP) is 4.84. The molecule has 3 heterocycles. The Morgan fingerprint density at radius 2 is 2.07 bits per heavy atom. The molecule has 2 aliphatic rings. The Balaban J connectivity index is 1.65. The molecular formula is C25H21N3O2. The molecule has 148 valence electrons. The average molecular weight is 395 g/mol. The number of phenolic OH excluding ortho intramolecular Hbond substituents is 1. The molecule has 0 spiro atoms. The lowest BCUT2D eigenvalue weighted by Crippen LogP contribution is -2.48. The van der Waals surface area contributed by atoms with Crippen LogP contribution in [0.15, 0.2) is 66.0 Å². The number of carbonyl (C=O) groups is 1. The molecule has 0 saturated heterocycles. The number of benzene rings is 2. The number of hydrogen-bond acceptors (Lipinski definition) is 3. The molecule has 0 saturated carbocycles. The number of aryl methyl sites for hydroxylation is 1. The van der Waals surface area contributed by atoms with Gasteiger partial charge in [-0.3, -0.25) is 4.79 Å². The number of aromatic hydroxyl groups is 1. The van der Waals surface area contributed by atoms with Crippen molar-refractivity contribution >= 4 is 16.7 Å². The molecular weight excluding hydrogens is 374 g/mol. The highest BCUT2D eigenvalue weighted by Crippen LogP contribution is 2.46. The van der Waals surface area contributed by atoms with Crippen LogP contribution in [0.3, 0.4) is 0 Å². The van der Waals surface area contributed by atoms with Crippen LogP contribution < -0.4 is 0 Å². The molecule has 2 aliphatic heterocycles. The first kappa shape index (κ1) is 18.3. The first-order valence-corrected chi connectivity index (χ1v) is 9.96. The number of carbonyl (C=O) groups excluding carboxylic acids is 1. The number of nitrogens with zero attached hydrogens (tertiary/aromatic N) is 2. The summed E-state index contributed by atoms with van der Waals surface area (Å²) in [4.78, 5) is 22.5. The van der Waals surface area contributed by atoms with Crippen molar-refractivity contribution in [2.75, 3.05) is 6.54 Å². The van der Waals surface area contributed by atoms with E-state index in [-0.39, 0.29) is 17.1 Å². The third kappa shape index (κ3) is 2.44. The van der Waals surface area contributed by atoms with E-state index < -0.39 is 5.54 Å². The highest BCUT2D eigenvalue weighted by atomic mass is 16.3. The fraction of sp³-hybridized carbons (Fsp3) is 0.200. The van der Waals surface area contributed by atoms with Gasteiger partial charge >= 0.3 is 0 Å². The molecule has 0 radical (unpaired) electrons. The van der Waals surface area contributed by atoms with Crippen molar-refractivity contribution in [1.82, 2.24) is 9.88 Å². The van der Waals surface area contributed by atoms with Crippen molar-refractivity contribution < 1.29 is 9.90 Å². The molecule has 0 aliphatic carbocycles. The molecule has 5 rings (SSSR count). The minimum Gasteiger partial charge on any atom is -0.507 e. The number of para-hydroxylation sites is 1. The Morgan fingerprint density at radius 1 is 1.27 bits per heavy atom. The highest BCUT2D eigenvalue weighted by molar-refractivity contribution is 6.12. The van der Waals surface area contributed by atoms with E-state index in [1.54, 1.807) is 24.3 Å². The standard InChI is InChI=1S/C25H21N3O2/c1-15-8-9-20-19(12-15)17-10-11-28-14-16(23(30)18-6-4-5-7-21(18)29)13-22(26-3)25(28,2)24(17)27-20/h4-9,12-14,27,29H,10-11H2,1-2H3. The molecule has 2 aromatic carbocycles.